The average Bonchev–Trinajstić information content (AvgIpc) is 2.86. The van der Waals surface area contributed by atoms with E-state index >= 15 is 0 Å². The van der Waals surface area contributed by atoms with Gasteiger partial charge in [0.25, 0.3) is 0 Å². The van der Waals surface area contributed by atoms with Crippen LogP contribution < -0.4 is 0 Å². The maximum absolute atomic E-state index is 11.7. The van der Waals surface area contributed by atoms with Crippen molar-refractivity contribution in [3.8, 4) is 45.6 Å². The number of benzene rings is 4. The Morgan fingerprint density at radius 3 is 1.15 bits per heavy atom. The monoisotopic (exact) mass is 548 g/mol. The Labute approximate surface area is 230 Å². The molecule has 10 nitrogen and oxygen atoms in total. The lowest BCUT2D eigenvalue weighted by atomic mass is 9.83. The van der Waals surface area contributed by atoms with Crippen molar-refractivity contribution in [1.82, 2.24) is 0 Å². The van der Waals surface area contributed by atoms with Crippen LogP contribution in [0.3, 0.4) is 0 Å². The highest BCUT2D eigenvalue weighted by molar-refractivity contribution is 6.14. The van der Waals surface area contributed by atoms with Gasteiger partial charge in [-0.2, -0.15) is 0 Å². The van der Waals surface area contributed by atoms with Crippen molar-refractivity contribution in [2.75, 3.05) is 0 Å². The quantitative estimate of drug-likeness (QED) is 0.0611. The summed E-state index contributed by atoms with van der Waals surface area (Å²) in [6, 6.07) is 3.39. The lowest BCUT2D eigenvalue weighted by Gasteiger charge is -2.23. The van der Waals surface area contributed by atoms with Crippen molar-refractivity contribution >= 4 is 34.0 Å². The van der Waals surface area contributed by atoms with Gasteiger partial charge in [-0.3, -0.25) is 0 Å². The van der Waals surface area contributed by atoms with Crippen molar-refractivity contribution in [1.29, 1.82) is 0 Å². The third kappa shape index (κ3) is 3.95. The van der Waals surface area contributed by atoms with E-state index in [0.717, 1.165) is 12.4 Å². The largest absolute Gasteiger partial charge is 0.507 e. The molecule has 210 valence electrons. The fourth-order valence-corrected chi connectivity index (χ4v) is 5.74. The van der Waals surface area contributed by atoms with E-state index in [1.807, 2.05) is 27.7 Å². The number of nitrogens with zero attached hydrogens (tertiary/aromatic N) is 2. The van der Waals surface area contributed by atoms with E-state index in [-0.39, 0.29) is 56.4 Å². The fraction of sp³-hybridized carbons (Fsp3) is 0.267. The number of aryl methyl sites for hydroxylation is 2. The molecular weight excluding hydrogens is 516 g/mol. The first-order valence-electron chi connectivity index (χ1n) is 12.6. The molecule has 0 aliphatic carbocycles. The van der Waals surface area contributed by atoms with Crippen molar-refractivity contribution < 1.29 is 41.1 Å². The van der Waals surface area contributed by atoms with Crippen LogP contribution in [0.5, 0.6) is 34.5 Å². The first-order valence-corrected chi connectivity index (χ1v) is 12.6. The maximum atomic E-state index is 11.7. The molecule has 0 saturated heterocycles. The molecule has 0 saturated carbocycles. The number of aromatic hydroxyl groups is 6. The molecule has 0 radical (unpaired) electrons. The van der Waals surface area contributed by atoms with Crippen molar-refractivity contribution in [2.45, 2.75) is 53.4 Å². The first kappa shape index (κ1) is 28.2. The second-order valence-electron chi connectivity index (χ2n) is 10.5. The molecule has 40 heavy (non-hydrogen) atoms. The van der Waals surface area contributed by atoms with Crippen LogP contribution in [0.2, 0.25) is 0 Å². The van der Waals surface area contributed by atoms with Crippen molar-refractivity contribution in [2.24, 2.45) is 10.3 Å². The van der Waals surface area contributed by atoms with Crippen LogP contribution in [0.15, 0.2) is 22.4 Å². The molecule has 0 aliphatic heterocycles. The molecule has 0 fully saturated rings. The minimum atomic E-state index is -0.582. The molecule has 4 rings (SSSR count). The number of phenolic OH excluding ortho intramolecular Hbond substituents is 6. The van der Waals surface area contributed by atoms with E-state index in [4.69, 9.17) is 0 Å². The van der Waals surface area contributed by atoms with E-state index in [2.05, 4.69) is 10.3 Å². The Balaban J connectivity index is 2.29. The first-order chi connectivity index (χ1) is 18.8. The lowest BCUT2D eigenvalue weighted by molar-refractivity contribution is 0.321. The molecular formula is C30H32N2O8. The van der Waals surface area contributed by atoms with E-state index in [1.165, 1.54) is 0 Å². The Bertz CT molecular complexity index is 1620. The van der Waals surface area contributed by atoms with Crippen LogP contribution in [0.4, 0.5) is 0 Å². The molecule has 0 unspecified atom stereocenters. The van der Waals surface area contributed by atoms with Crippen molar-refractivity contribution in [3.05, 3.63) is 45.5 Å². The third-order valence-corrected chi connectivity index (χ3v) is 7.36. The van der Waals surface area contributed by atoms with E-state index in [1.54, 1.807) is 26.0 Å². The molecule has 4 aromatic rings. The summed E-state index contributed by atoms with van der Waals surface area (Å²) in [4.78, 5) is 0. The molecule has 0 amide bonds. The zero-order chi connectivity index (χ0) is 29.8. The third-order valence-electron chi connectivity index (χ3n) is 7.36. The van der Waals surface area contributed by atoms with Gasteiger partial charge < -0.3 is 41.1 Å². The number of oxime groups is 2. The van der Waals surface area contributed by atoms with Gasteiger partial charge in [-0.05, 0) is 47.6 Å². The van der Waals surface area contributed by atoms with Gasteiger partial charge >= 0.3 is 0 Å². The summed E-state index contributed by atoms with van der Waals surface area (Å²) in [6.45, 7) is 10.7. The SMILES string of the molecule is Cc1cc2c(C(C)C)c(O)c(O)c(/C=N\O)c2c(O)c1-c1c(C)cc2c(C(C)C)c(O)c(O)c(/C=N\O)c2c1O. The average molecular weight is 549 g/mol. The Hall–Kier alpha value is -4.86. The molecule has 0 spiro atoms. The predicted octanol–water partition coefficient (Wildman–Crippen LogP) is 6.37. The van der Waals surface area contributed by atoms with Crippen LogP contribution in [0.1, 0.15) is 72.9 Å². The highest BCUT2D eigenvalue weighted by Crippen LogP contribution is 2.54. The molecule has 10 heteroatoms. The van der Waals surface area contributed by atoms with Crippen LogP contribution in [-0.4, -0.2) is 53.5 Å². The summed E-state index contributed by atoms with van der Waals surface area (Å²) < 4.78 is 0. The molecule has 0 aliphatic rings. The van der Waals surface area contributed by atoms with Crippen LogP contribution in [0.25, 0.3) is 32.7 Å². The van der Waals surface area contributed by atoms with Gasteiger partial charge in [0.1, 0.15) is 11.5 Å². The zero-order valence-electron chi connectivity index (χ0n) is 22.9. The minimum absolute atomic E-state index is 0.0878. The fourth-order valence-electron chi connectivity index (χ4n) is 5.74. The molecule has 0 atom stereocenters. The maximum Gasteiger partial charge on any atom is 0.167 e. The summed E-state index contributed by atoms with van der Waals surface area (Å²) >= 11 is 0. The second kappa shape index (κ2) is 10.0. The smallest absolute Gasteiger partial charge is 0.167 e. The second-order valence-corrected chi connectivity index (χ2v) is 10.5. The van der Waals surface area contributed by atoms with Crippen molar-refractivity contribution in [3.63, 3.8) is 0 Å². The van der Waals surface area contributed by atoms with E-state index < -0.39 is 23.0 Å². The van der Waals surface area contributed by atoms with Gasteiger partial charge in [0.05, 0.1) is 23.6 Å². The Morgan fingerprint density at radius 2 is 0.875 bits per heavy atom. The minimum Gasteiger partial charge on any atom is -0.507 e. The van der Waals surface area contributed by atoms with Crippen LogP contribution in [-0.2, 0) is 0 Å². The van der Waals surface area contributed by atoms with Gasteiger partial charge in [0, 0.05) is 33.0 Å². The molecule has 0 aromatic heterocycles. The summed E-state index contributed by atoms with van der Waals surface area (Å²) in [7, 11) is 0. The summed E-state index contributed by atoms with van der Waals surface area (Å²) in [5.41, 5.74) is 1.86. The van der Waals surface area contributed by atoms with Crippen LogP contribution in [0, 0.1) is 13.8 Å². The predicted molar refractivity (Wildman–Crippen MR) is 153 cm³/mol. The topological polar surface area (TPSA) is 187 Å². The number of rotatable bonds is 5. The molecule has 4 aromatic carbocycles. The molecule has 8 N–H and O–H groups in total. The number of hydrogen-bond donors (Lipinski definition) is 8. The summed E-state index contributed by atoms with van der Waals surface area (Å²) in [6.07, 6.45) is 1.80. The van der Waals surface area contributed by atoms with E-state index in [0.29, 0.717) is 33.0 Å². The van der Waals surface area contributed by atoms with Gasteiger partial charge in [-0.15, -0.1) is 0 Å². The standard InChI is InChI=1S/C30H32N2O8/c1-11(2)19-15-7-13(5)21(27(35)23(15)17(9-31-39)25(33)29(19)37)22-14(6)8-16-20(12(3)4)30(38)26(34)18(10-32-40)24(16)28(22)36/h7-12,33-40H,1-6H3/b31-9-,32-10-. The van der Waals surface area contributed by atoms with Crippen LogP contribution >= 0.6 is 0 Å². The summed E-state index contributed by atoms with van der Waals surface area (Å²) in [5, 5.41) is 92.2. The summed E-state index contributed by atoms with van der Waals surface area (Å²) in [5.74, 6) is -3.22. The number of fused-ring (bicyclic) bond motifs is 2. The normalized spacial score (nSPS) is 12.3. The Morgan fingerprint density at radius 1 is 0.550 bits per heavy atom. The van der Waals surface area contributed by atoms with Gasteiger partial charge in [0.2, 0.25) is 0 Å². The zero-order valence-corrected chi connectivity index (χ0v) is 22.9. The molecule has 0 bridgehead atoms. The van der Waals surface area contributed by atoms with E-state index in [9.17, 15) is 41.1 Å². The highest BCUT2D eigenvalue weighted by atomic mass is 16.4. The van der Waals surface area contributed by atoms with Gasteiger partial charge in [-0.1, -0.05) is 50.1 Å². The highest BCUT2D eigenvalue weighted by Gasteiger charge is 2.29. The van der Waals surface area contributed by atoms with Gasteiger partial charge in [0.15, 0.2) is 23.0 Å². The number of phenols is 6. The lowest BCUT2D eigenvalue weighted by Crippen LogP contribution is -2.01. The number of hydrogen-bond acceptors (Lipinski definition) is 10. The van der Waals surface area contributed by atoms with Gasteiger partial charge in [-0.25, -0.2) is 0 Å². The Kier molecular flexibility index (Phi) is 7.06. The molecule has 0 heterocycles.